The molecule has 0 bridgehead atoms. The predicted molar refractivity (Wildman–Crippen MR) is 57.5 cm³/mol. The fourth-order valence-corrected chi connectivity index (χ4v) is 2.71. The Balaban J connectivity index is 2.00. The van der Waals surface area contributed by atoms with E-state index in [1.165, 1.54) is 18.5 Å². The zero-order valence-electron chi connectivity index (χ0n) is 8.78. The van der Waals surface area contributed by atoms with E-state index in [0.717, 1.165) is 19.8 Å². The average Bonchev–Trinajstić information content (AvgIpc) is 2.99. The molecule has 0 unspecified atom stereocenters. The van der Waals surface area contributed by atoms with Gasteiger partial charge in [-0.3, -0.25) is 4.98 Å². The maximum absolute atomic E-state index is 5.92. The van der Waals surface area contributed by atoms with Crippen molar-refractivity contribution in [3.8, 4) is 0 Å². The van der Waals surface area contributed by atoms with Gasteiger partial charge in [0.15, 0.2) is 0 Å². The molecule has 3 rings (SSSR count). The molecule has 1 aromatic rings. The first kappa shape index (κ1) is 9.31. The number of hydrogen-bond donors (Lipinski definition) is 1. The van der Waals surface area contributed by atoms with Crippen LogP contribution in [0.25, 0.3) is 0 Å². The molecule has 1 aliphatic heterocycles. The Labute approximate surface area is 89.6 Å². The second kappa shape index (κ2) is 3.03. The molecule has 2 heterocycles. The normalized spacial score (nSPS) is 25.7. The predicted octanol–water partition coefficient (Wildman–Crippen LogP) is 1.09. The van der Waals surface area contributed by atoms with E-state index in [4.69, 9.17) is 10.5 Å². The molecule has 3 nitrogen and oxygen atoms in total. The number of ether oxygens (including phenoxy) is 1. The van der Waals surface area contributed by atoms with E-state index in [1.807, 2.05) is 12.3 Å². The lowest BCUT2D eigenvalue weighted by Crippen LogP contribution is -2.56. The number of pyridine rings is 1. The summed E-state index contributed by atoms with van der Waals surface area (Å²) in [6.45, 7) is 2.34. The first-order valence-corrected chi connectivity index (χ1v) is 5.52. The van der Waals surface area contributed by atoms with Crippen LogP contribution in [0.15, 0.2) is 24.4 Å². The third-order valence-electron chi connectivity index (χ3n) is 4.11. The van der Waals surface area contributed by atoms with E-state index in [9.17, 15) is 0 Å². The van der Waals surface area contributed by atoms with Crippen LogP contribution in [0, 0.1) is 5.41 Å². The van der Waals surface area contributed by atoms with Gasteiger partial charge in [-0.15, -0.1) is 0 Å². The van der Waals surface area contributed by atoms with Crippen LogP contribution < -0.4 is 5.73 Å². The highest BCUT2D eigenvalue weighted by molar-refractivity contribution is 5.29. The molecular formula is C12H16N2O. The molecular weight excluding hydrogens is 188 g/mol. The summed E-state index contributed by atoms with van der Waals surface area (Å²) in [6, 6.07) is 6.12. The van der Waals surface area contributed by atoms with Crippen LogP contribution in [0.2, 0.25) is 0 Å². The number of nitrogens with zero attached hydrogens (tertiary/aromatic N) is 1. The van der Waals surface area contributed by atoms with Crippen LogP contribution in [0.1, 0.15) is 18.5 Å². The number of nitrogens with two attached hydrogens (primary N) is 1. The molecule has 0 aromatic carbocycles. The lowest BCUT2D eigenvalue weighted by atomic mass is 9.68. The summed E-state index contributed by atoms with van der Waals surface area (Å²) >= 11 is 0. The Morgan fingerprint density at radius 3 is 2.53 bits per heavy atom. The lowest BCUT2D eigenvalue weighted by Gasteiger charge is -2.47. The second-order valence-electron chi connectivity index (χ2n) is 4.77. The van der Waals surface area contributed by atoms with Gasteiger partial charge in [-0.25, -0.2) is 0 Å². The van der Waals surface area contributed by atoms with Gasteiger partial charge in [0.1, 0.15) is 0 Å². The van der Waals surface area contributed by atoms with Gasteiger partial charge < -0.3 is 10.5 Å². The quantitative estimate of drug-likeness (QED) is 0.801. The first-order chi connectivity index (χ1) is 7.33. The fourth-order valence-electron chi connectivity index (χ4n) is 2.71. The molecule has 2 fully saturated rings. The van der Waals surface area contributed by atoms with Crippen LogP contribution in [-0.2, 0) is 10.2 Å². The van der Waals surface area contributed by atoms with Gasteiger partial charge in [-0.2, -0.15) is 0 Å². The Morgan fingerprint density at radius 1 is 1.33 bits per heavy atom. The van der Waals surface area contributed by atoms with Crippen molar-refractivity contribution in [2.24, 2.45) is 11.1 Å². The van der Waals surface area contributed by atoms with Gasteiger partial charge >= 0.3 is 0 Å². The summed E-state index contributed by atoms with van der Waals surface area (Å²) in [4.78, 5) is 4.49. The number of rotatable bonds is 3. The molecule has 2 N–H and O–H groups in total. The minimum Gasteiger partial charge on any atom is -0.379 e. The highest BCUT2D eigenvalue weighted by Gasteiger charge is 2.63. The Bertz CT molecular complexity index is 355. The number of aromatic nitrogens is 1. The molecule has 1 aromatic heterocycles. The summed E-state index contributed by atoms with van der Waals surface area (Å²) in [6.07, 6.45) is 4.31. The average molecular weight is 204 g/mol. The largest absolute Gasteiger partial charge is 0.379 e. The lowest BCUT2D eigenvalue weighted by molar-refractivity contribution is -0.0994. The van der Waals surface area contributed by atoms with Crippen molar-refractivity contribution in [3.63, 3.8) is 0 Å². The van der Waals surface area contributed by atoms with Crippen molar-refractivity contribution in [2.75, 3.05) is 19.8 Å². The number of hydrogen-bond acceptors (Lipinski definition) is 3. The standard InChI is InChI=1S/C12H16N2O/c13-7-11(4-5-11)12(8-15-9-12)10-3-1-2-6-14-10/h1-3,6H,4-5,7-9,13H2. The van der Waals surface area contributed by atoms with Crippen molar-refractivity contribution < 1.29 is 4.74 Å². The highest BCUT2D eigenvalue weighted by atomic mass is 16.5. The molecule has 1 saturated carbocycles. The second-order valence-corrected chi connectivity index (χ2v) is 4.77. The van der Waals surface area contributed by atoms with Gasteiger partial charge in [0.05, 0.1) is 24.3 Å². The fraction of sp³-hybridized carbons (Fsp3) is 0.583. The van der Waals surface area contributed by atoms with Crippen molar-refractivity contribution in [2.45, 2.75) is 18.3 Å². The summed E-state index contributed by atoms with van der Waals surface area (Å²) in [5, 5.41) is 0. The molecule has 0 spiro atoms. The molecule has 3 heteroatoms. The van der Waals surface area contributed by atoms with E-state index in [2.05, 4.69) is 17.1 Å². The zero-order valence-corrected chi connectivity index (χ0v) is 8.78. The SMILES string of the molecule is NCC1(C2(c3ccccn3)COC2)CC1. The Morgan fingerprint density at radius 2 is 2.13 bits per heavy atom. The van der Waals surface area contributed by atoms with Crippen molar-refractivity contribution in [3.05, 3.63) is 30.1 Å². The molecule has 80 valence electrons. The molecule has 0 radical (unpaired) electrons. The zero-order chi connectivity index (χ0) is 10.4. The molecule has 2 aliphatic rings. The van der Waals surface area contributed by atoms with Gasteiger partial charge in [0.25, 0.3) is 0 Å². The van der Waals surface area contributed by atoms with Crippen LogP contribution in [-0.4, -0.2) is 24.7 Å². The van der Waals surface area contributed by atoms with Crippen LogP contribution in [0.4, 0.5) is 0 Å². The van der Waals surface area contributed by atoms with Gasteiger partial charge in [-0.1, -0.05) is 6.07 Å². The van der Waals surface area contributed by atoms with E-state index >= 15 is 0 Å². The van der Waals surface area contributed by atoms with Gasteiger partial charge in [0.2, 0.25) is 0 Å². The molecule has 1 saturated heterocycles. The van der Waals surface area contributed by atoms with Crippen LogP contribution in [0.5, 0.6) is 0 Å². The van der Waals surface area contributed by atoms with Crippen molar-refractivity contribution in [1.82, 2.24) is 4.98 Å². The van der Waals surface area contributed by atoms with Crippen LogP contribution in [0.3, 0.4) is 0 Å². The van der Waals surface area contributed by atoms with Crippen molar-refractivity contribution in [1.29, 1.82) is 0 Å². The molecule has 1 aliphatic carbocycles. The molecule has 0 atom stereocenters. The van der Waals surface area contributed by atoms with Crippen LogP contribution >= 0.6 is 0 Å². The Kier molecular flexibility index (Phi) is 1.88. The maximum Gasteiger partial charge on any atom is 0.0661 e. The third-order valence-corrected chi connectivity index (χ3v) is 4.11. The highest BCUT2D eigenvalue weighted by Crippen LogP contribution is 2.61. The smallest absolute Gasteiger partial charge is 0.0661 e. The Hall–Kier alpha value is -0.930. The van der Waals surface area contributed by atoms with E-state index in [-0.39, 0.29) is 10.8 Å². The van der Waals surface area contributed by atoms with E-state index in [1.54, 1.807) is 0 Å². The summed E-state index contributed by atoms with van der Waals surface area (Å²) in [5.74, 6) is 0. The van der Waals surface area contributed by atoms with Crippen molar-refractivity contribution >= 4 is 0 Å². The molecule has 0 amide bonds. The van der Waals surface area contributed by atoms with Gasteiger partial charge in [0, 0.05) is 6.20 Å². The summed E-state index contributed by atoms with van der Waals surface area (Å²) < 4.78 is 5.43. The van der Waals surface area contributed by atoms with E-state index in [0.29, 0.717) is 0 Å². The minimum atomic E-state index is 0.114. The van der Waals surface area contributed by atoms with E-state index < -0.39 is 0 Å². The molecule has 15 heavy (non-hydrogen) atoms. The third kappa shape index (κ3) is 1.11. The van der Waals surface area contributed by atoms with Gasteiger partial charge in [-0.05, 0) is 36.9 Å². The monoisotopic (exact) mass is 204 g/mol. The first-order valence-electron chi connectivity index (χ1n) is 5.52. The summed E-state index contributed by atoms with van der Waals surface area (Å²) in [7, 11) is 0. The minimum absolute atomic E-state index is 0.114. The topological polar surface area (TPSA) is 48.1 Å². The summed E-state index contributed by atoms with van der Waals surface area (Å²) in [5.41, 5.74) is 7.48. The maximum atomic E-state index is 5.92.